The van der Waals surface area contributed by atoms with E-state index in [1.807, 2.05) is 0 Å². The fourth-order valence-electron chi connectivity index (χ4n) is 0.835. The first-order valence-electron chi connectivity index (χ1n) is 3.44. The summed E-state index contributed by atoms with van der Waals surface area (Å²) in [4.78, 5) is 3.27. The minimum Gasteiger partial charge on any atom is -0.239 e. The highest BCUT2D eigenvalue weighted by molar-refractivity contribution is 9.13. The van der Waals surface area contributed by atoms with Gasteiger partial charge in [0, 0.05) is 0 Å². The number of pyridine rings is 1. The van der Waals surface area contributed by atoms with E-state index in [9.17, 15) is 22.0 Å². The molecule has 15 heavy (non-hydrogen) atoms. The van der Waals surface area contributed by atoms with Crippen molar-refractivity contribution in [3.05, 3.63) is 26.4 Å². The van der Waals surface area contributed by atoms with Crippen LogP contribution in [0.5, 0.6) is 0 Å². The van der Waals surface area contributed by atoms with Crippen molar-refractivity contribution in [3.63, 3.8) is 0 Å². The standard InChI is InChI=1S/C7H2Br2F5N/c8-4-2(7(12,13)14)1-3(6(10)11)15-5(4)9/h1,6H. The second kappa shape index (κ2) is 4.32. The molecule has 0 unspecified atom stereocenters. The lowest BCUT2D eigenvalue weighted by molar-refractivity contribution is -0.138. The molecule has 0 aliphatic carbocycles. The zero-order chi connectivity index (χ0) is 11.8. The smallest absolute Gasteiger partial charge is 0.239 e. The molecule has 0 saturated carbocycles. The van der Waals surface area contributed by atoms with Gasteiger partial charge in [0.25, 0.3) is 6.43 Å². The maximum absolute atomic E-state index is 12.3. The number of rotatable bonds is 1. The highest BCUT2D eigenvalue weighted by atomic mass is 79.9. The van der Waals surface area contributed by atoms with Gasteiger partial charge >= 0.3 is 6.18 Å². The van der Waals surface area contributed by atoms with Crippen LogP contribution in [0.4, 0.5) is 22.0 Å². The Labute approximate surface area is 97.9 Å². The van der Waals surface area contributed by atoms with Gasteiger partial charge in [-0.25, -0.2) is 13.8 Å². The number of halogens is 7. The predicted molar refractivity (Wildman–Crippen MR) is 49.6 cm³/mol. The van der Waals surface area contributed by atoms with Gasteiger partial charge in [-0.05, 0) is 37.9 Å². The third kappa shape index (κ3) is 2.87. The summed E-state index contributed by atoms with van der Waals surface area (Å²) in [5.74, 6) is 0. The summed E-state index contributed by atoms with van der Waals surface area (Å²) < 4.78 is 60.7. The zero-order valence-corrected chi connectivity index (χ0v) is 9.92. The van der Waals surface area contributed by atoms with Gasteiger partial charge in [-0.1, -0.05) is 0 Å². The molecule has 0 aromatic carbocycles. The Balaban J connectivity index is 3.38. The van der Waals surface area contributed by atoms with Crippen LogP contribution in [0.15, 0.2) is 15.1 Å². The molecule has 0 fully saturated rings. The summed E-state index contributed by atoms with van der Waals surface area (Å²) in [7, 11) is 0. The quantitative estimate of drug-likeness (QED) is 0.532. The summed E-state index contributed by atoms with van der Waals surface area (Å²) >= 11 is 5.29. The Hall–Kier alpha value is -0.240. The highest BCUT2D eigenvalue weighted by Crippen LogP contribution is 2.39. The molecule has 1 aromatic rings. The number of hydrogen-bond donors (Lipinski definition) is 0. The van der Waals surface area contributed by atoms with Gasteiger partial charge < -0.3 is 0 Å². The molecule has 0 amide bonds. The van der Waals surface area contributed by atoms with Crippen molar-refractivity contribution in [2.45, 2.75) is 12.6 Å². The molecule has 0 aliphatic rings. The lowest BCUT2D eigenvalue weighted by atomic mass is 10.2. The van der Waals surface area contributed by atoms with Crippen LogP contribution in [0.3, 0.4) is 0 Å². The molecule has 0 radical (unpaired) electrons. The molecule has 0 spiro atoms. The summed E-state index contributed by atoms with van der Waals surface area (Å²) in [6.07, 6.45) is -7.75. The molecule has 1 aromatic heterocycles. The molecule has 84 valence electrons. The molecular weight excluding hydrogens is 353 g/mol. The van der Waals surface area contributed by atoms with E-state index in [1.165, 1.54) is 0 Å². The van der Waals surface area contributed by atoms with Gasteiger partial charge in [0.1, 0.15) is 10.3 Å². The highest BCUT2D eigenvalue weighted by Gasteiger charge is 2.35. The molecule has 0 aliphatic heterocycles. The van der Waals surface area contributed by atoms with Crippen LogP contribution in [0.2, 0.25) is 0 Å². The van der Waals surface area contributed by atoms with E-state index < -0.39 is 23.9 Å². The van der Waals surface area contributed by atoms with E-state index in [0.717, 1.165) is 0 Å². The van der Waals surface area contributed by atoms with Crippen molar-refractivity contribution >= 4 is 31.9 Å². The maximum Gasteiger partial charge on any atom is 0.417 e. The minimum atomic E-state index is -4.70. The molecular formula is C7H2Br2F5N. The fourth-order valence-corrected chi connectivity index (χ4v) is 1.68. The maximum atomic E-state index is 12.3. The van der Waals surface area contributed by atoms with Gasteiger partial charge in [0.05, 0.1) is 10.0 Å². The molecule has 0 N–H and O–H groups in total. The molecule has 1 heterocycles. The normalized spacial score (nSPS) is 12.3. The van der Waals surface area contributed by atoms with Crippen molar-refractivity contribution < 1.29 is 22.0 Å². The molecule has 1 rings (SSSR count). The van der Waals surface area contributed by atoms with E-state index in [-0.39, 0.29) is 9.08 Å². The van der Waals surface area contributed by atoms with Crippen LogP contribution in [0, 0.1) is 0 Å². The summed E-state index contributed by atoms with van der Waals surface area (Å²) in [5, 5.41) is 0. The lowest BCUT2D eigenvalue weighted by Gasteiger charge is -2.11. The topological polar surface area (TPSA) is 12.9 Å². The van der Waals surface area contributed by atoms with Crippen molar-refractivity contribution in [2.24, 2.45) is 0 Å². The second-order valence-electron chi connectivity index (χ2n) is 2.50. The Morgan fingerprint density at radius 2 is 1.73 bits per heavy atom. The van der Waals surface area contributed by atoms with Crippen LogP contribution in [0.1, 0.15) is 17.7 Å². The Morgan fingerprint density at radius 1 is 1.20 bits per heavy atom. The molecule has 1 nitrogen and oxygen atoms in total. The van der Waals surface area contributed by atoms with Gasteiger partial charge in [-0.15, -0.1) is 0 Å². The Bertz CT molecular complexity index is 376. The van der Waals surface area contributed by atoms with Crippen molar-refractivity contribution in [2.75, 3.05) is 0 Å². The first-order chi connectivity index (χ1) is 6.73. The Morgan fingerprint density at radius 3 is 2.13 bits per heavy atom. The zero-order valence-electron chi connectivity index (χ0n) is 6.75. The van der Waals surface area contributed by atoms with E-state index in [0.29, 0.717) is 6.07 Å². The molecule has 0 saturated heterocycles. The van der Waals surface area contributed by atoms with E-state index in [1.54, 1.807) is 0 Å². The van der Waals surface area contributed by atoms with E-state index in [2.05, 4.69) is 36.8 Å². The number of nitrogens with zero attached hydrogens (tertiary/aromatic N) is 1. The first kappa shape index (κ1) is 12.8. The summed E-state index contributed by atoms with van der Waals surface area (Å²) in [6, 6.07) is 0.319. The third-order valence-corrected chi connectivity index (χ3v) is 3.37. The lowest BCUT2D eigenvalue weighted by Crippen LogP contribution is -2.09. The fraction of sp³-hybridized carbons (Fsp3) is 0.286. The molecule has 8 heteroatoms. The molecule has 0 bridgehead atoms. The second-order valence-corrected chi connectivity index (χ2v) is 4.04. The first-order valence-corrected chi connectivity index (χ1v) is 5.03. The van der Waals surface area contributed by atoms with E-state index in [4.69, 9.17) is 0 Å². The van der Waals surface area contributed by atoms with Crippen molar-refractivity contribution in [1.29, 1.82) is 0 Å². The predicted octanol–water partition coefficient (Wildman–Crippen LogP) is 4.56. The Kier molecular flexibility index (Phi) is 3.70. The SMILES string of the molecule is FC(F)c1cc(C(F)(F)F)c(Br)c(Br)n1. The average molecular weight is 355 g/mol. The van der Waals surface area contributed by atoms with Crippen LogP contribution in [-0.4, -0.2) is 4.98 Å². The summed E-state index contributed by atoms with van der Waals surface area (Å²) in [5.41, 5.74) is -2.10. The van der Waals surface area contributed by atoms with Gasteiger partial charge in [-0.3, -0.25) is 0 Å². The van der Waals surface area contributed by atoms with Crippen molar-refractivity contribution in [3.8, 4) is 0 Å². The van der Waals surface area contributed by atoms with Crippen LogP contribution in [0.25, 0.3) is 0 Å². The number of hydrogen-bond acceptors (Lipinski definition) is 1. The van der Waals surface area contributed by atoms with Crippen LogP contribution < -0.4 is 0 Å². The van der Waals surface area contributed by atoms with Crippen molar-refractivity contribution in [1.82, 2.24) is 4.98 Å². The van der Waals surface area contributed by atoms with Gasteiger partial charge in [-0.2, -0.15) is 13.2 Å². The average Bonchev–Trinajstić information content (AvgIpc) is 2.06. The third-order valence-electron chi connectivity index (χ3n) is 1.47. The number of aromatic nitrogens is 1. The summed E-state index contributed by atoms with van der Waals surface area (Å²) in [6.45, 7) is 0. The van der Waals surface area contributed by atoms with Gasteiger partial charge in [0.2, 0.25) is 0 Å². The van der Waals surface area contributed by atoms with Crippen LogP contribution >= 0.6 is 31.9 Å². The van der Waals surface area contributed by atoms with Crippen LogP contribution in [-0.2, 0) is 6.18 Å². The minimum absolute atomic E-state index is 0.298. The largest absolute Gasteiger partial charge is 0.417 e. The number of alkyl halides is 5. The van der Waals surface area contributed by atoms with E-state index >= 15 is 0 Å². The van der Waals surface area contributed by atoms with Gasteiger partial charge in [0.15, 0.2) is 0 Å². The monoisotopic (exact) mass is 353 g/mol. The molecule has 0 atom stereocenters.